The summed E-state index contributed by atoms with van der Waals surface area (Å²) in [6.07, 6.45) is -0.617. The highest BCUT2D eigenvalue weighted by Gasteiger charge is 2.09. The Balaban J connectivity index is 2.05. The lowest BCUT2D eigenvalue weighted by atomic mass is 10.2. The lowest BCUT2D eigenvalue weighted by molar-refractivity contribution is 0.0923. The largest absolute Gasteiger partial charge is 0.496 e. The van der Waals surface area contributed by atoms with Gasteiger partial charge in [0.1, 0.15) is 23.9 Å². The van der Waals surface area contributed by atoms with Gasteiger partial charge in [-0.05, 0) is 43.3 Å². The predicted octanol–water partition coefficient (Wildman–Crippen LogP) is 2.52. The number of aliphatic hydroxyl groups is 1. The first-order valence-electron chi connectivity index (χ1n) is 7.51. The van der Waals surface area contributed by atoms with E-state index in [4.69, 9.17) is 9.47 Å². The van der Waals surface area contributed by atoms with E-state index in [0.29, 0.717) is 22.6 Å². The third-order valence-electron chi connectivity index (χ3n) is 3.29. The minimum Gasteiger partial charge on any atom is -0.496 e. The lowest BCUT2D eigenvalue weighted by Gasteiger charge is -2.12. The number of halogens is 1. The van der Waals surface area contributed by atoms with Crippen LogP contribution in [0, 0.1) is 5.82 Å². The van der Waals surface area contributed by atoms with E-state index in [2.05, 4.69) is 5.32 Å². The van der Waals surface area contributed by atoms with E-state index in [1.165, 1.54) is 25.3 Å². The van der Waals surface area contributed by atoms with Gasteiger partial charge in [0, 0.05) is 17.7 Å². The average Bonchev–Trinajstić information content (AvgIpc) is 2.58. The number of hydrogen-bond acceptors (Lipinski definition) is 4. The first-order chi connectivity index (χ1) is 11.5. The first kappa shape index (κ1) is 17.7. The van der Waals surface area contributed by atoms with Crippen LogP contribution >= 0.6 is 0 Å². The standard InChI is InChI=1S/C18H20FNO4/c1-12(21)10-20-18(22)13-4-3-5-16(9-13)24-11-14-8-15(19)6-7-17(14)23-2/h3-9,12,21H,10-11H2,1-2H3,(H,20,22). The van der Waals surface area contributed by atoms with E-state index in [1.807, 2.05) is 0 Å². The molecule has 0 fully saturated rings. The van der Waals surface area contributed by atoms with Gasteiger partial charge in [0.2, 0.25) is 0 Å². The highest BCUT2D eigenvalue weighted by atomic mass is 19.1. The number of carbonyl (C=O) groups is 1. The second-order valence-electron chi connectivity index (χ2n) is 5.33. The van der Waals surface area contributed by atoms with Crippen LogP contribution in [0.1, 0.15) is 22.8 Å². The quantitative estimate of drug-likeness (QED) is 0.817. The van der Waals surface area contributed by atoms with Crippen molar-refractivity contribution in [3.05, 3.63) is 59.4 Å². The van der Waals surface area contributed by atoms with Gasteiger partial charge in [-0.25, -0.2) is 4.39 Å². The Morgan fingerprint density at radius 2 is 2.08 bits per heavy atom. The smallest absolute Gasteiger partial charge is 0.251 e. The molecule has 0 aliphatic heterocycles. The highest BCUT2D eigenvalue weighted by molar-refractivity contribution is 5.94. The Kier molecular flexibility index (Phi) is 6.14. The molecule has 0 saturated heterocycles. The summed E-state index contributed by atoms with van der Waals surface area (Å²) >= 11 is 0. The number of methoxy groups -OCH3 is 1. The summed E-state index contributed by atoms with van der Waals surface area (Å²) in [6, 6.07) is 10.8. The van der Waals surface area contributed by atoms with Crippen LogP contribution in [0.3, 0.4) is 0 Å². The monoisotopic (exact) mass is 333 g/mol. The molecule has 6 heteroatoms. The number of benzene rings is 2. The molecule has 2 rings (SSSR count). The fourth-order valence-electron chi connectivity index (χ4n) is 2.09. The zero-order valence-corrected chi connectivity index (χ0v) is 13.6. The summed E-state index contributed by atoms with van der Waals surface area (Å²) < 4.78 is 24.1. The van der Waals surface area contributed by atoms with Crippen LogP contribution in [0.4, 0.5) is 4.39 Å². The van der Waals surface area contributed by atoms with E-state index < -0.39 is 6.10 Å². The maximum atomic E-state index is 13.3. The topological polar surface area (TPSA) is 67.8 Å². The van der Waals surface area contributed by atoms with Crippen LogP contribution < -0.4 is 14.8 Å². The van der Waals surface area contributed by atoms with Gasteiger partial charge in [-0.1, -0.05) is 6.07 Å². The van der Waals surface area contributed by atoms with Crippen molar-refractivity contribution in [3.8, 4) is 11.5 Å². The number of carbonyl (C=O) groups excluding carboxylic acids is 1. The molecule has 0 radical (unpaired) electrons. The molecule has 0 aliphatic carbocycles. The molecule has 24 heavy (non-hydrogen) atoms. The SMILES string of the molecule is COc1ccc(F)cc1COc1cccc(C(=O)NCC(C)O)c1. The molecule has 0 aromatic heterocycles. The Labute approximate surface area is 140 Å². The number of amides is 1. The normalized spacial score (nSPS) is 11.7. The Bertz CT molecular complexity index is 703. The summed E-state index contributed by atoms with van der Waals surface area (Å²) in [6.45, 7) is 1.87. The van der Waals surface area contributed by atoms with E-state index in [0.717, 1.165) is 0 Å². The van der Waals surface area contributed by atoms with Gasteiger partial charge in [-0.2, -0.15) is 0 Å². The number of hydrogen-bond donors (Lipinski definition) is 2. The van der Waals surface area contributed by atoms with Crippen molar-refractivity contribution >= 4 is 5.91 Å². The minimum absolute atomic E-state index is 0.111. The first-order valence-corrected chi connectivity index (χ1v) is 7.51. The molecule has 1 unspecified atom stereocenters. The molecule has 1 atom stereocenters. The van der Waals surface area contributed by atoms with Gasteiger partial charge in [0.25, 0.3) is 5.91 Å². The number of nitrogens with one attached hydrogen (secondary N) is 1. The van der Waals surface area contributed by atoms with Crippen LogP contribution in [0.2, 0.25) is 0 Å². The van der Waals surface area contributed by atoms with E-state index >= 15 is 0 Å². The van der Waals surface area contributed by atoms with E-state index in [1.54, 1.807) is 31.2 Å². The molecule has 128 valence electrons. The Hall–Kier alpha value is -2.60. The lowest BCUT2D eigenvalue weighted by Crippen LogP contribution is -2.30. The second kappa shape index (κ2) is 8.31. The van der Waals surface area contributed by atoms with Crippen molar-refractivity contribution in [1.29, 1.82) is 0 Å². The summed E-state index contributed by atoms with van der Waals surface area (Å²) in [5.74, 6) is 0.332. The van der Waals surface area contributed by atoms with Gasteiger partial charge in [0.15, 0.2) is 0 Å². The van der Waals surface area contributed by atoms with Crippen molar-refractivity contribution in [2.45, 2.75) is 19.6 Å². The van der Waals surface area contributed by atoms with Crippen LogP contribution in [0.15, 0.2) is 42.5 Å². The summed E-state index contributed by atoms with van der Waals surface area (Å²) in [4.78, 5) is 12.0. The van der Waals surface area contributed by atoms with Gasteiger partial charge >= 0.3 is 0 Å². The summed E-state index contributed by atoms with van der Waals surface area (Å²) in [5.41, 5.74) is 0.987. The molecular weight excluding hydrogens is 313 g/mol. The third kappa shape index (κ3) is 4.96. The molecule has 1 amide bonds. The van der Waals surface area contributed by atoms with Gasteiger partial charge in [0.05, 0.1) is 13.2 Å². The van der Waals surface area contributed by atoms with Gasteiger partial charge in [-0.3, -0.25) is 4.79 Å². The molecular formula is C18H20FNO4. The second-order valence-corrected chi connectivity index (χ2v) is 5.33. The minimum atomic E-state index is -0.617. The van der Waals surface area contributed by atoms with Crippen molar-refractivity contribution < 1.29 is 23.8 Å². The Morgan fingerprint density at radius 3 is 2.79 bits per heavy atom. The molecule has 0 saturated carbocycles. The molecule has 0 aliphatic rings. The number of aliphatic hydroxyl groups excluding tert-OH is 1. The predicted molar refractivity (Wildman–Crippen MR) is 87.7 cm³/mol. The molecule has 2 aromatic rings. The van der Waals surface area contributed by atoms with Crippen molar-refractivity contribution in [2.75, 3.05) is 13.7 Å². The zero-order valence-electron chi connectivity index (χ0n) is 13.6. The van der Waals surface area contributed by atoms with Crippen molar-refractivity contribution in [1.82, 2.24) is 5.32 Å². The fourth-order valence-corrected chi connectivity index (χ4v) is 2.09. The molecule has 5 nitrogen and oxygen atoms in total. The average molecular weight is 333 g/mol. The van der Waals surface area contributed by atoms with Crippen LogP contribution in [-0.4, -0.2) is 30.8 Å². The van der Waals surface area contributed by atoms with Crippen LogP contribution in [-0.2, 0) is 6.61 Å². The van der Waals surface area contributed by atoms with Gasteiger partial charge in [-0.15, -0.1) is 0 Å². The van der Waals surface area contributed by atoms with Crippen molar-refractivity contribution in [2.24, 2.45) is 0 Å². The molecule has 0 spiro atoms. The maximum Gasteiger partial charge on any atom is 0.251 e. The number of rotatable bonds is 7. The number of ether oxygens (including phenoxy) is 2. The fraction of sp³-hybridized carbons (Fsp3) is 0.278. The zero-order chi connectivity index (χ0) is 17.5. The molecule has 0 heterocycles. The van der Waals surface area contributed by atoms with Crippen molar-refractivity contribution in [3.63, 3.8) is 0 Å². The van der Waals surface area contributed by atoms with E-state index in [9.17, 15) is 14.3 Å². The third-order valence-corrected chi connectivity index (χ3v) is 3.29. The highest BCUT2D eigenvalue weighted by Crippen LogP contribution is 2.22. The molecule has 2 aromatic carbocycles. The molecule has 0 bridgehead atoms. The van der Waals surface area contributed by atoms with Crippen LogP contribution in [0.25, 0.3) is 0 Å². The summed E-state index contributed by atoms with van der Waals surface area (Å²) in [5, 5.41) is 11.8. The molecule has 2 N–H and O–H groups in total. The Morgan fingerprint density at radius 1 is 1.29 bits per heavy atom. The summed E-state index contributed by atoms with van der Waals surface area (Å²) in [7, 11) is 1.50. The van der Waals surface area contributed by atoms with Crippen LogP contribution in [0.5, 0.6) is 11.5 Å². The van der Waals surface area contributed by atoms with Gasteiger partial charge < -0.3 is 19.9 Å². The van der Waals surface area contributed by atoms with E-state index in [-0.39, 0.29) is 24.9 Å². The maximum absolute atomic E-state index is 13.3.